The zero-order valence-electron chi connectivity index (χ0n) is 12.7. The minimum Gasteiger partial charge on any atom is -0.350 e. The van der Waals surface area contributed by atoms with Gasteiger partial charge in [-0.2, -0.15) is 0 Å². The predicted octanol–water partition coefficient (Wildman–Crippen LogP) is 1.68. The molecule has 0 saturated carbocycles. The molecule has 2 rings (SSSR count). The van der Waals surface area contributed by atoms with Crippen LogP contribution in [0.3, 0.4) is 0 Å². The first-order chi connectivity index (χ1) is 9.61. The van der Waals surface area contributed by atoms with Crippen molar-refractivity contribution in [3.63, 3.8) is 0 Å². The molecule has 1 aliphatic heterocycles. The minimum atomic E-state index is 0.0813. The first kappa shape index (κ1) is 15.5. The van der Waals surface area contributed by atoms with Gasteiger partial charge in [-0.1, -0.05) is 6.92 Å². The van der Waals surface area contributed by atoms with Gasteiger partial charge in [-0.3, -0.25) is 9.69 Å². The van der Waals surface area contributed by atoms with Crippen LogP contribution in [0.4, 0.5) is 0 Å². The van der Waals surface area contributed by atoms with Crippen molar-refractivity contribution in [2.75, 3.05) is 39.8 Å². The van der Waals surface area contributed by atoms with Crippen LogP contribution in [0, 0.1) is 0 Å². The van der Waals surface area contributed by atoms with Crippen molar-refractivity contribution in [2.45, 2.75) is 26.3 Å². The second kappa shape index (κ2) is 7.20. The lowest BCUT2D eigenvalue weighted by atomic mass is 10.2. The van der Waals surface area contributed by atoms with Crippen LogP contribution in [0.1, 0.15) is 29.1 Å². The Bertz CT molecular complexity index is 438. The number of aryl methyl sites for hydroxylation is 1. The van der Waals surface area contributed by atoms with Gasteiger partial charge in [-0.25, -0.2) is 0 Å². The summed E-state index contributed by atoms with van der Waals surface area (Å²) in [5.41, 5.74) is 1.15. The number of thiophene rings is 1. The number of hydrogen-bond donors (Lipinski definition) is 1. The molecule has 0 bridgehead atoms. The van der Waals surface area contributed by atoms with Gasteiger partial charge in [0.05, 0.1) is 4.88 Å². The first-order valence-electron chi connectivity index (χ1n) is 7.39. The molecule has 2 heterocycles. The maximum Gasteiger partial charge on any atom is 0.261 e. The molecule has 1 saturated heterocycles. The van der Waals surface area contributed by atoms with Gasteiger partial charge in [0.15, 0.2) is 0 Å². The fourth-order valence-corrected chi connectivity index (χ4v) is 3.44. The van der Waals surface area contributed by atoms with E-state index in [2.05, 4.69) is 36.0 Å². The zero-order chi connectivity index (χ0) is 14.5. The Kier molecular flexibility index (Phi) is 5.57. The summed E-state index contributed by atoms with van der Waals surface area (Å²) >= 11 is 1.54. The van der Waals surface area contributed by atoms with Crippen LogP contribution in [-0.4, -0.2) is 61.5 Å². The van der Waals surface area contributed by atoms with Gasteiger partial charge in [-0.15, -0.1) is 11.3 Å². The van der Waals surface area contributed by atoms with Crippen molar-refractivity contribution in [1.29, 1.82) is 0 Å². The molecule has 1 aromatic heterocycles. The van der Waals surface area contributed by atoms with Crippen LogP contribution in [0.5, 0.6) is 0 Å². The van der Waals surface area contributed by atoms with Crippen molar-refractivity contribution in [3.05, 3.63) is 21.9 Å². The summed E-state index contributed by atoms with van der Waals surface area (Å²) in [5, 5.41) is 5.08. The minimum absolute atomic E-state index is 0.0813. The Morgan fingerprint density at radius 3 is 2.75 bits per heavy atom. The zero-order valence-corrected chi connectivity index (χ0v) is 13.5. The average molecular weight is 295 g/mol. The number of nitrogens with one attached hydrogen (secondary N) is 1. The van der Waals surface area contributed by atoms with Gasteiger partial charge in [0.2, 0.25) is 0 Å². The summed E-state index contributed by atoms with van der Waals surface area (Å²) in [7, 11) is 2.16. The van der Waals surface area contributed by atoms with Crippen LogP contribution < -0.4 is 5.32 Å². The molecule has 112 valence electrons. The SMILES string of the molecule is CCc1ccsc1C(=O)NCC(C)N1CCN(C)CC1. The van der Waals surface area contributed by atoms with Crippen LogP contribution in [0.2, 0.25) is 0 Å². The van der Waals surface area contributed by atoms with E-state index in [4.69, 9.17) is 0 Å². The monoisotopic (exact) mass is 295 g/mol. The Balaban J connectivity index is 1.81. The lowest BCUT2D eigenvalue weighted by Crippen LogP contribution is -2.51. The molecule has 0 radical (unpaired) electrons. The van der Waals surface area contributed by atoms with Crippen molar-refractivity contribution in [2.24, 2.45) is 0 Å². The van der Waals surface area contributed by atoms with Gasteiger partial charge < -0.3 is 10.2 Å². The standard InChI is InChI=1S/C15H25N3OS/c1-4-13-5-10-20-14(13)15(19)16-11-12(2)18-8-6-17(3)7-9-18/h5,10,12H,4,6-9,11H2,1-3H3,(H,16,19). The summed E-state index contributed by atoms with van der Waals surface area (Å²) in [6.07, 6.45) is 0.917. The third-order valence-corrected chi connectivity index (χ3v) is 5.01. The fraction of sp³-hybridized carbons (Fsp3) is 0.667. The third kappa shape index (κ3) is 3.81. The molecular formula is C15H25N3OS. The Morgan fingerprint density at radius 2 is 2.10 bits per heavy atom. The molecule has 4 nitrogen and oxygen atoms in total. The van der Waals surface area contributed by atoms with Crippen LogP contribution in [0.25, 0.3) is 0 Å². The summed E-state index contributed by atoms with van der Waals surface area (Å²) in [5.74, 6) is 0.0813. The number of rotatable bonds is 5. The first-order valence-corrected chi connectivity index (χ1v) is 8.27. The van der Waals surface area contributed by atoms with E-state index in [-0.39, 0.29) is 5.91 Å². The summed E-state index contributed by atoms with van der Waals surface area (Å²) in [4.78, 5) is 17.9. The molecular weight excluding hydrogens is 270 g/mol. The van der Waals surface area contributed by atoms with E-state index in [0.29, 0.717) is 6.04 Å². The summed E-state index contributed by atoms with van der Waals surface area (Å²) in [6, 6.07) is 2.45. The van der Waals surface area contributed by atoms with E-state index < -0.39 is 0 Å². The second-order valence-electron chi connectivity index (χ2n) is 5.53. The highest BCUT2D eigenvalue weighted by molar-refractivity contribution is 7.12. The highest BCUT2D eigenvalue weighted by atomic mass is 32.1. The molecule has 1 atom stereocenters. The van der Waals surface area contributed by atoms with Crippen LogP contribution in [-0.2, 0) is 6.42 Å². The lowest BCUT2D eigenvalue weighted by molar-refractivity contribution is 0.0906. The van der Waals surface area contributed by atoms with Crippen molar-refractivity contribution in [1.82, 2.24) is 15.1 Å². The molecule has 1 N–H and O–H groups in total. The lowest BCUT2D eigenvalue weighted by Gasteiger charge is -2.36. The summed E-state index contributed by atoms with van der Waals surface area (Å²) in [6.45, 7) is 9.42. The van der Waals surface area contributed by atoms with Crippen LogP contribution in [0.15, 0.2) is 11.4 Å². The quantitative estimate of drug-likeness (QED) is 0.898. The molecule has 1 fully saturated rings. The topological polar surface area (TPSA) is 35.6 Å². The molecule has 0 aliphatic carbocycles. The predicted molar refractivity (Wildman–Crippen MR) is 84.6 cm³/mol. The summed E-state index contributed by atoms with van der Waals surface area (Å²) < 4.78 is 0. The Hall–Kier alpha value is -0.910. The molecule has 1 aromatic rings. The smallest absolute Gasteiger partial charge is 0.261 e. The van der Waals surface area contributed by atoms with E-state index >= 15 is 0 Å². The number of carbonyl (C=O) groups is 1. The van der Waals surface area contributed by atoms with E-state index in [9.17, 15) is 4.79 Å². The van der Waals surface area contributed by atoms with E-state index in [1.54, 1.807) is 0 Å². The van der Waals surface area contributed by atoms with Crippen molar-refractivity contribution in [3.8, 4) is 0 Å². The van der Waals surface area contributed by atoms with Gasteiger partial charge >= 0.3 is 0 Å². The Morgan fingerprint density at radius 1 is 1.40 bits per heavy atom. The number of nitrogens with zero attached hydrogens (tertiary/aromatic N) is 2. The number of piperazine rings is 1. The van der Waals surface area contributed by atoms with Crippen molar-refractivity contribution < 1.29 is 4.79 Å². The molecule has 1 amide bonds. The van der Waals surface area contributed by atoms with E-state index in [1.165, 1.54) is 11.3 Å². The number of likely N-dealkylation sites (N-methyl/N-ethyl adjacent to an activating group) is 1. The number of carbonyl (C=O) groups excluding carboxylic acids is 1. The normalized spacial score (nSPS) is 18.9. The highest BCUT2D eigenvalue weighted by Crippen LogP contribution is 2.17. The maximum absolute atomic E-state index is 12.2. The van der Waals surface area contributed by atoms with Crippen molar-refractivity contribution >= 4 is 17.2 Å². The van der Waals surface area contributed by atoms with Crippen LogP contribution >= 0.6 is 11.3 Å². The molecule has 1 aliphatic rings. The molecule has 0 spiro atoms. The van der Waals surface area contributed by atoms with E-state index in [0.717, 1.165) is 49.6 Å². The molecule has 1 unspecified atom stereocenters. The average Bonchev–Trinajstić information content (AvgIpc) is 2.93. The number of hydrogen-bond acceptors (Lipinski definition) is 4. The van der Waals surface area contributed by atoms with Gasteiger partial charge in [0.1, 0.15) is 0 Å². The molecule has 20 heavy (non-hydrogen) atoms. The van der Waals surface area contributed by atoms with Gasteiger partial charge in [-0.05, 0) is 37.4 Å². The highest BCUT2D eigenvalue weighted by Gasteiger charge is 2.20. The maximum atomic E-state index is 12.2. The number of amides is 1. The largest absolute Gasteiger partial charge is 0.350 e. The van der Waals surface area contributed by atoms with E-state index in [1.807, 2.05) is 11.4 Å². The third-order valence-electron chi connectivity index (χ3n) is 4.05. The fourth-order valence-electron chi connectivity index (χ4n) is 2.53. The van der Waals surface area contributed by atoms with Gasteiger partial charge in [0, 0.05) is 38.8 Å². The van der Waals surface area contributed by atoms with Gasteiger partial charge in [0.25, 0.3) is 5.91 Å². The molecule has 5 heteroatoms. The molecule has 0 aromatic carbocycles. The Labute approximate surface area is 125 Å². The second-order valence-corrected chi connectivity index (χ2v) is 6.44.